The zero-order valence-corrected chi connectivity index (χ0v) is 10.8. The van der Waals surface area contributed by atoms with Gasteiger partial charge in [-0.25, -0.2) is 18.7 Å². The van der Waals surface area contributed by atoms with Crippen LogP contribution in [0.1, 0.15) is 39.8 Å². The van der Waals surface area contributed by atoms with Gasteiger partial charge in [0, 0.05) is 11.7 Å². The molecule has 18 heavy (non-hydrogen) atoms. The molecule has 4 nitrogen and oxygen atoms in total. The van der Waals surface area contributed by atoms with Crippen molar-refractivity contribution in [1.29, 1.82) is 0 Å². The summed E-state index contributed by atoms with van der Waals surface area (Å²) in [6.07, 6.45) is -0.269. The zero-order chi connectivity index (χ0) is 13.6. The van der Waals surface area contributed by atoms with Gasteiger partial charge in [-0.05, 0) is 27.7 Å². The molecule has 2 heterocycles. The summed E-state index contributed by atoms with van der Waals surface area (Å²) in [7, 11) is -0.861. The average molecular weight is 256 g/mol. The molecule has 0 spiro atoms. The maximum absolute atomic E-state index is 12.9. The number of hydrogen-bond acceptors (Lipinski definition) is 4. The lowest BCUT2D eigenvalue weighted by atomic mass is 9.79. The SMILES string of the molecule is CC1(C)OB(c2cncnc2C(F)F)OC1(C)C. The molecule has 1 saturated heterocycles. The standard InChI is InChI=1S/C11H15BF2N2O2/c1-10(2)11(3,4)18-12(17-10)7-5-15-6-16-8(7)9(13)14/h5-6,9H,1-4H3. The van der Waals surface area contributed by atoms with E-state index in [1.54, 1.807) is 0 Å². The van der Waals surface area contributed by atoms with Crippen molar-refractivity contribution in [3.8, 4) is 0 Å². The molecule has 1 aliphatic heterocycles. The molecule has 0 saturated carbocycles. The highest BCUT2D eigenvalue weighted by Crippen LogP contribution is 2.36. The average Bonchev–Trinajstić information content (AvgIpc) is 2.48. The van der Waals surface area contributed by atoms with Crippen LogP contribution in [0.25, 0.3) is 0 Å². The van der Waals surface area contributed by atoms with Crippen molar-refractivity contribution in [2.45, 2.75) is 45.3 Å². The van der Waals surface area contributed by atoms with Gasteiger partial charge in [0.1, 0.15) is 12.0 Å². The molecule has 98 valence electrons. The van der Waals surface area contributed by atoms with Gasteiger partial charge in [-0.1, -0.05) is 0 Å². The van der Waals surface area contributed by atoms with Crippen LogP contribution in [0.2, 0.25) is 0 Å². The first kappa shape index (κ1) is 13.4. The third-order valence-corrected chi connectivity index (χ3v) is 3.49. The fourth-order valence-corrected chi connectivity index (χ4v) is 1.68. The molecule has 0 aromatic carbocycles. The number of rotatable bonds is 2. The summed E-state index contributed by atoms with van der Waals surface area (Å²) in [5.74, 6) is 0. The highest BCUT2D eigenvalue weighted by molar-refractivity contribution is 6.62. The molecule has 0 atom stereocenters. The summed E-state index contributed by atoms with van der Waals surface area (Å²) in [6.45, 7) is 7.44. The summed E-state index contributed by atoms with van der Waals surface area (Å²) in [5.41, 5.74) is -1.31. The van der Waals surface area contributed by atoms with E-state index in [-0.39, 0.29) is 11.2 Å². The Bertz CT molecular complexity index is 438. The fraction of sp³-hybridized carbons (Fsp3) is 0.636. The molecule has 1 aromatic rings. The maximum atomic E-state index is 12.9. The van der Waals surface area contributed by atoms with Crippen LogP contribution in [-0.4, -0.2) is 28.3 Å². The van der Waals surface area contributed by atoms with E-state index in [2.05, 4.69) is 9.97 Å². The lowest BCUT2D eigenvalue weighted by molar-refractivity contribution is 0.00578. The van der Waals surface area contributed by atoms with Crippen molar-refractivity contribution < 1.29 is 18.1 Å². The number of aromatic nitrogens is 2. The van der Waals surface area contributed by atoms with Gasteiger partial charge in [-0.3, -0.25) is 0 Å². The van der Waals surface area contributed by atoms with Gasteiger partial charge in [-0.2, -0.15) is 0 Å². The number of halogens is 2. The second-order valence-corrected chi connectivity index (χ2v) is 5.25. The summed E-state index contributed by atoms with van der Waals surface area (Å²) in [5, 5.41) is 0. The molecule has 0 radical (unpaired) electrons. The number of hydrogen-bond donors (Lipinski definition) is 0. The molecule has 2 rings (SSSR count). The summed E-state index contributed by atoms with van der Waals surface area (Å²) in [6, 6.07) is 0. The molecule has 0 amide bonds. The van der Waals surface area contributed by atoms with Crippen molar-refractivity contribution in [3.05, 3.63) is 18.2 Å². The fourth-order valence-electron chi connectivity index (χ4n) is 1.68. The van der Waals surface area contributed by atoms with Crippen molar-refractivity contribution in [3.63, 3.8) is 0 Å². The van der Waals surface area contributed by atoms with Crippen LogP contribution in [0, 0.1) is 0 Å². The van der Waals surface area contributed by atoms with Gasteiger partial charge in [-0.15, -0.1) is 0 Å². The van der Waals surface area contributed by atoms with Crippen LogP contribution < -0.4 is 5.46 Å². The Morgan fingerprint density at radius 1 is 1.17 bits per heavy atom. The summed E-state index contributed by atoms with van der Waals surface area (Å²) in [4.78, 5) is 7.36. The molecule has 0 aliphatic carbocycles. The van der Waals surface area contributed by atoms with Crippen LogP contribution >= 0.6 is 0 Å². The molecule has 1 aromatic heterocycles. The van der Waals surface area contributed by atoms with Crippen molar-refractivity contribution in [2.75, 3.05) is 0 Å². The van der Waals surface area contributed by atoms with E-state index in [0.29, 0.717) is 0 Å². The Balaban J connectivity index is 2.35. The normalized spacial score (nSPS) is 21.6. The van der Waals surface area contributed by atoms with Crippen LogP contribution in [0.3, 0.4) is 0 Å². The largest absolute Gasteiger partial charge is 0.498 e. The number of alkyl halides is 2. The van der Waals surface area contributed by atoms with Crippen LogP contribution in [0.5, 0.6) is 0 Å². The van der Waals surface area contributed by atoms with Gasteiger partial charge in [0.05, 0.1) is 11.2 Å². The van der Waals surface area contributed by atoms with Crippen LogP contribution in [-0.2, 0) is 9.31 Å². The van der Waals surface area contributed by atoms with E-state index in [1.165, 1.54) is 6.20 Å². The Morgan fingerprint density at radius 2 is 1.72 bits per heavy atom. The Morgan fingerprint density at radius 3 is 2.22 bits per heavy atom. The lowest BCUT2D eigenvalue weighted by Gasteiger charge is -2.32. The third kappa shape index (κ3) is 2.12. The minimum Gasteiger partial charge on any atom is -0.399 e. The Labute approximate surface area is 105 Å². The summed E-state index contributed by atoms with van der Waals surface area (Å²) >= 11 is 0. The van der Waals surface area contributed by atoms with Crippen LogP contribution in [0.4, 0.5) is 8.78 Å². The minimum atomic E-state index is -2.68. The first-order valence-electron chi connectivity index (χ1n) is 5.68. The van der Waals surface area contributed by atoms with Gasteiger partial charge in [0.15, 0.2) is 0 Å². The Hall–Kier alpha value is -1.08. The molecular formula is C11H15BF2N2O2. The highest BCUT2D eigenvalue weighted by Gasteiger charge is 2.52. The highest BCUT2D eigenvalue weighted by atomic mass is 19.3. The van der Waals surface area contributed by atoms with E-state index in [1.807, 2.05) is 27.7 Å². The first-order chi connectivity index (χ1) is 8.24. The monoisotopic (exact) mass is 256 g/mol. The molecule has 7 heteroatoms. The minimum absolute atomic E-state index is 0.186. The van der Waals surface area contributed by atoms with Gasteiger partial charge in [0.2, 0.25) is 0 Å². The quantitative estimate of drug-likeness (QED) is 0.755. The topological polar surface area (TPSA) is 44.2 Å². The number of nitrogens with zero attached hydrogens (tertiary/aromatic N) is 2. The van der Waals surface area contributed by atoms with Crippen LogP contribution in [0.15, 0.2) is 12.5 Å². The molecule has 0 N–H and O–H groups in total. The smallest absolute Gasteiger partial charge is 0.399 e. The van der Waals surface area contributed by atoms with Gasteiger partial charge < -0.3 is 9.31 Å². The molecule has 1 fully saturated rings. The van der Waals surface area contributed by atoms with Gasteiger partial charge in [0.25, 0.3) is 6.43 Å². The van der Waals surface area contributed by atoms with E-state index >= 15 is 0 Å². The molecular weight excluding hydrogens is 241 g/mol. The Kier molecular flexibility index (Phi) is 3.15. The lowest BCUT2D eigenvalue weighted by Crippen LogP contribution is -2.41. The van der Waals surface area contributed by atoms with Crippen molar-refractivity contribution in [1.82, 2.24) is 9.97 Å². The predicted octanol–water partition coefficient (Wildman–Crippen LogP) is 1.71. The third-order valence-electron chi connectivity index (χ3n) is 3.49. The van der Waals surface area contributed by atoms with E-state index < -0.39 is 24.7 Å². The van der Waals surface area contributed by atoms with Crippen molar-refractivity contribution in [2.24, 2.45) is 0 Å². The van der Waals surface area contributed by atoms with E-state index in [4.69, 9.17) is 9.31 Å². The van der Waals surface area contributed by atoms with Gasteiger partial charge >= 0.3 is 7.12 Å². The molecule has 0 bridgehead atoms. The summed E-state index contributed by atoms with van der Waals surface area (Å²) < 4.78 is 37.1. The van der Waals surface area contributed by atoms with E-state index in [9.17, 15) is 8.78 Å². The molecule has 1 aliphatic rings. The zero-order valence-electron chi connectivity index (χ0n) is 10.8. The maximum Gasteiger partial charge on any atom is 0.498 e. The van der Waals surface area contributed by atoms with Crippen molar-refractivity contribution >= 4 is 12.6 Å². The second kappa shape index (κ2) is 4.24. The predicted molar refractivity (Wildman–Crippen MR) is 62.7 cm³/mol. The molecule has 0 unspecified atom stereocenters. The first-order valence-corrected chi connectivity index (χ1v) is 5.68. The second-order valence-electron chi connectivity index (χ2n) is 5.25. The van der Waals surface area contributed by atoms with E-state index in [0.717, 1.165) is 6.33 Å².